The van der Waals surface area contributed by atoms with Crippen molar-refractivity contribution in [2.75, 3.05) is 17.6 Å². The van der Waals surface area contributed by atoms with E-state index in [1.54, 1.807) is 17.5 Å². The number of nitrogens with two attached hydrogens (primary N) is 1. The summed E-state index contributed by atoms with van der Waals surface area (Å²) >= 11 is 1.65. The highest BCUT2D eigenvalue weighted by atomic mass is 32.1. The molecule has 30 heavy (non-hydrogen) atoms. The highest BCUT2D eigenvalue weighted by molar-refractivity contribution is 7.16. The zero-order chi connectivity index (χ0) is 20.9. The summed E-state index contributed by atoms with van der Waals surface area (Å²) in [7, 11) is 0. The van der Waals surface area contributed by atoms with Gasteiger partial charge in [-0.3, -0.25) is 4.79 Å². The average Bonchev–Trinajstić information content (AvgIpc) is 3.36. The zero-order valence-corrected chi connectivity index (χ0v) is 18.2. The lowest BCUT2D eigenvalue weighted by Gasteiger charge is -2.41. The van der Waals surface area contributed by atoms with Crippen molar-refractivity contribution >= 4 is 39.0 Å². The van der Waals surface area contributed by atoms with Gasteiger partial charge in [0.1, 0.15) is 11.4 Å². The maximum Gasteiger partial charge on any atom is 0.248 e. The second-order valence-electron chi connectivity index (χ2n) is 8.87. The first-order valence-corrected chi connectivity index (χ1v) is 11.5. The summed E-state index contributed by atoms with van der Waals surface area (Å²) in [6.45, 7) is 4.97. The van der Waals surface area contributed by atoms with Gasteiger partial charge in [0.25, 0.3) is 0 Å². The minimum Gasteiger partial charge on any atom is -0.383 e. The molecule has 0 unspecified atom stereocenters. The topological polar surface area (TPSA) is 84.1 Å². The summed E-state index contributed by atoms with van der Waals surface area (Å²) in [6.07, 6.45) is 5.53. The lowest BCUT2D eigenvalue weighted by atomic mass is 9.89. The van der Waals surface area contributed by atoms with Gasteiger partial charge in [-0.1, -0.05) is 13.0 Å². The van der Waals surface area contributed by atoms with E-state index >= 15 is 0 Å². The van der Waals surface area contributed by atoms with Crippen molar-refractivity contribution in [2.24, 2.45) is 5.92 Å². The number of anilines is 2. The van der Waals surface area contributed by atoms with Gasteiger partial charge in [0.15, 0.2) is 0 Å². The molecule has 2 fully saturated rings. The fraction of sp³-hybridized carbons (Fsp3) is 0.435. The molecule has 2 aromatic heterocycles. The van der Waals surface area contributed by atoms with Crippen LogP contribution in [0.3, 0.4) is 0 Å². The van der Waals surface area contributed by atoms with Crippen molar-refractivity contribution in [3.8, 4) is 0 Å². The molecule has 0 bridgehead atoms. The Balaban J connectivity index is 1.43. The molecule has 1 aliphatic heterocycles. The van der Waals surface area contributed by atoms with Gasteiger partial charge in [0.05, 0.1) is 33.7 Å². The lowest BCUT2D eigenvalue weighted by Crippen LogP contribution is -2.49. The van der Waals surface area contributed by atoms with E-state index in [2.05, 4.69) is 45.3 Å². The predicted molar refractivity (Wildman–Crippen MR) is 121 cm³/mol. The van der Waals surface area contributed by atoms with Gasteiger partial charge in [-0.15, -0.1) is 11.3 Å². The number of carbonyl (C=O) groups excluding carboxylic acids is 1. The van der Waals surface area contributed by atoms with Crippen LogP contribution in [0.4, 0.5) is 11.5 Å². The van der Waals surface area contributed by atoms with E-state index in [-0.39, 0.29) is 11.9 Å². The van der Waals surface area contributed by atoms with Gasteiger partial charge >= 0.3 is 0 Å². The molecule has 3 heterocycles. The van der Waals surface area contributed by atoms with Crippen LogP contribution in [0, 0.1) is 12.8 Å². The van der Waals surface area contributed by atoms with Crippen LogP contribution in [0.15, 0.2) is 36.0 Å². The number of amides is 1. The molecular weight excluding hydrogens is 394 g/mol. The second kappa shape index (κ2) is 7.23. The monoisotopic (exact) mass is 421 g/mol. The molecular formula is C23H27N5OS. The fourth-order valence-electron chi connectivity index (χ4n) is 4.53. The Kier molecular flexibility index (Phi) is 4.65. The third-order valence-electron chi connectivity index (χ3n) is 6.48. The Morgan fingerprint density at radius 3 is 2.87 bits per heavy atom. The van der Waals surface area contributed by atoms with E-state index in [1.165, 1.54) is 10.3 Å². The minimum atomic E-state index is -0.524. The van der Waals surface area contributed by atoms with Crippen molar-refractivity contribution in [2.45, 2.75) is 51.1 Å². The normalized spacial score (nSPS) is 22.8. The van der Waals surface area contributed by atoms with Crippen LogP contribution >= 0.6 is 11.3 Å². The van der Waals surface area contributed by atoms with Crippen LogP contribution in [-0.2, 0) is 4.79 Å². The van der Waals surface area contributed by atoms with Gasteiger partial charge < -0.3 is 16.0 Å². The van der Waals surface area contributed by atoms with Crippen LogP contribution in [0.25, 0.3) is 10.2 Å². The van der Waals surface area contributed by atoms with Gasteiger partial charge in [-0.05, 0) is 67.9 Å². The number of aryl methyl sites for hydroxylation is 1. The molecule has 3 aromatic rings. The summed E-state index contributed by atoms with van der Waals surface area (Å²) < 4.78 is 1.19. The van der Waals surface area contributed by atoms with Crippen LogP contribution in [0.2, 0.25) is 0 Å². The number of pyridine rings is 1. The quantitative estimate of drug-likeness (QED) is 0.647. The summed E-state index contributed by atoms with van der Waals surface area (Å²) in [5, 5.41) is 3.49. The lowest BCUT2D eigenvalue weighted by molar-refractivity contribution is -0.138. The number of nitrogens with zero attached hydrogens (tertiary/aromatic N) is 3. The van der Waals surface area contributed by atoms with Crippen LogP contribution in [-0.4, -0.2) is 32.9 Å². The molecule has 1 aliphatic carbocycles. The molecule has 5 rings (SSSR count). The Labute approximate surface area is 180 Å². The number of aromatic nitrogens is 2. The average molecular weight is 422 g/mol. The molecule has 2 atom stereocenters. The Bertz CT molecular complexity index is 1110. The van der Waals surface area contributed by atoms with E-state index in [0.717, 1.165) is 49.0 Å². The van der Waals surface area contributed by atoms with Gasteiger partial charge in [-0.25, -0.2) is 9.97 Å². The number of hydrogen-bond acceptors (Lipinski definition) is 6. The van der Waals surface area contributed by atoms with E-state index in [4.69, 9.17) is 5.73 Å². The Morgan fingerprint density at radius 2 is 2.10 bits per heavy atom. The van der Waals surface area contributed by atoms with Crippen LogP contribution in [0.1, 0.15) is 49.8 Å². The molecule has 6 nitrogen and oxygen atoms in total. The molecule has 2 aliphatic rings. The van der Waals surface area contributed by atoms with E-state index in [1.807, 2.05) is 18.5 Å². The number of nitrogens with one attached hydrogen (secondary N) is 1. The van der Waals surface area contributed by atoms with Gasteiger partial charge in [0, 0.05) is 6.54 Å². The molecule has 1 saturated carbocycles. The first kappa shape index (κ1) is 19.3. The molecule has 7 heteroatoms. The first-order chi connectivity index (χ1) is 14.4. The summed E-state index contributed by atoms with van der Waals surface area (Å²) in [4.78, 5) is 24.6. The standard InChI is InChI=1S/C23H27N5OS/c1-14-3-5-19(16-4-6-20-18(10-16)26-13-30-20)28(12-14)22(29)23(7-8-23)27-17-9-15(2)21(24)25-11-17/h4,6,9-11,13-14,19,27H,3,5,7-8,12H2,1-2H3,(H2,24,25)/t14-,19+/m0/s1. The van der Waals surface area contributed by atoms with Crippen LogP contribution < -0.4 is 11.1 Å². The number of fused-ring (bicyclic) bond motifs is 1. The SMILES string of the molecule is Cc1cc(NC2(C(=O)N3C[C@@H](C)CC[C@@H]3c3ccc4scnc4c3)CC2)cnc1N. The summed E-state index contributed by atoms with van der Waals surface area (Å²) in [5.41, 5.74) is 11.2. The first-order valence-electron chi connectivity index (χ1n) is 10.6. The van der Waals surface area contributed by atoms with Crippen molar-refractivity contribution in [3.05, 3.63) is 47.1 Å². The van der Waals surface area contributed by atoms with Gasteiger partial charge in [0.2, 0.25) is 5.91 Å². The number of thiazole rings is 1. The second-order valence-corrected chi connectivity index (χ2v) is 9.75. The number of carbonyl (C=O) groups is 1. The number of rotatable bonds is 4. The van der Waals surface area contributed by atoms with Crippen molar-refractivity contribution in [1.82, 2.24) is 14.9 Å². The number of nitrogen functional groups attached to an aromatic ring is 1. The number of piperidine rings is 1. The maximum atomic E-state index is 13.8. The highest BCUT2D eigenvalue weighted by Gasteiger charge is 2.53. The largest absolute Gasteiger partial charge is 0.383 e. The molecule has 1 aromatic carbocycles. The Morgan fingerprint density at radius 1 is 1.27 bits per heavy atom. The Hall–Kier alpha value is -2.67. The smallest absolute Gasteiger partial charge is 0.248 e. The number of likely N-dealkylation sites (tertiary alicyclic amines) is 1. The number of hydrogen-bond donors (Lipinski definition) is 2. The van der Waals surface area contributed by atoms with E-state index in [9.17, 15) is 4.79 Å². The fourth-order valence-corrected chi connectivity index (χ4v) is 5.19. The van der Waals surface area contributed by atoms with E-state index in [0.29, 0.717) is 11.7 Å². The van der Waals surface area contributed by atoms with E-state index < -0.39 is 5.54 Å². The molecule has 3 N–H and O–H groups in total. The maximum absolute atomic E-state index is 13.8. The predicted octanol–water partition coefficient (Wildman–Crippen LogP) is 4.53. The highest BCUT2D eigenvalue weighted by Crippen LogP contribution is 2.45. The van der Waals surface area contributed by atoms with Crippen molar-refractivity contribution in [1.29, 1.82) is 0 Å². The van der Waals surface area contributed by atoms with Gasteiger partial charge in [-0.2, -0.15) is 0 Å². The molecule has 0 spiro atoms. The molecule has 1 amide bonds. The summed E-state index contributed by atoms with van der Waals surface area (Å²) in [5.74, 6) is 1.23. The van der Waals surface area contributed by atoms with Crippen LogP contribution in [0.5, 0.6) is 0 Å². The van der Waals surface area contributed by atoms with Crippen molar-refractivity contribution in [3.63, 3.8) is 0 Å². The molecule has 0 radical (unpaired) electrons. The zero-order valence-electron chi connectivity index (χ0n) is 17.4. The molecule has 156 valence electrons. The third-order valence-corrected chi connectivity index (χ3v) is 7.29. The summed E-state index contributed by atoms with van der Waals surface area (Å²) in [6, 6.07) is 8.54. The van der Waals surface area contributed by atoms with Crippen molar-refractivity contribution < 1.29 is 4.79 Å². The minimum absolute atomic E-state index is 0.102. The molecule has 1 saturated heterocycles. The third kappa shape index (κ3) is 3.41. The number of benzene rings is 1.